The number of carbonyl (C=O) groups is 9. The summed E-state index contributed by atoms with van der Waals surface area (Å²) in [5, 5.41) is 23.9. The van der Waals surface area contributed by atoms with E-state index in [1.807, 2.05) is 13.8 Å². The second-order valence-electron chi connectivity index (χ2n) is 12.7. The average molecular weight is 712 g/mol. The van der Waals surface area contributed by atoms with Crippen LogP contribution in [0.4, 0.5) is 0 Å². The number of nitrogens with one attached hydrogen (secondary N) is 6. The lowest BCUT2D eigenvalue weighted by Gasteiger charge is -2.27. The highest BCUT2D eigenvalue weighted by molar-refractivity contribution is 5.96. The highest BCUT2D eigenvalue weighted by atomic mass is 16.4. The molecule has 1 rings (SSSR count). The van der Waals surface area contributed by atoms with E-state index in [1.165, 1.54) is 11.8 Å². The van der Waals surface area contributed by atoms with E-state index >= 15 is 0 Å². The maximum Gasteiger partial charge on any atom is 0.326 e. The van der Waals surface area contributed by atoms with Gasteiger partial charge in [-0.15, -0.1) is 0 Å². The quantitative estimate of drug-likeness (QED) is 0.0564. The van der Waals surface area contributed by atoms with Crippen LogP contribution in [0.3, 0.4) is 0 Å². The Labute approximate surface area is 291 Å². The number of rotatable bonds is 21. The molecule has 6 unspecified atom stereocenters. The fourth-order valence-corrected chi connectivity index (χ4v) is 5.12. The maximum atomic E-state index is 13.1. The number of hydrogen-bond donors (Lipinski definition) is 9. The van der Waals surface area contributed by atoms with Crippen LogP contribution in [0, 0.1) is 11.8 Å². The molecule has 19 heteroatoms. The Morgan fingerprint density at radius 3 is 1.96 bits per heavy atom. The Morgan fingerprint density at radius 2 is 1.42 bits per heavy atom. The third kappa shape index (κ3) is 14.8. The van der Waals surface area contributed by atoms with E-state index in [0.29, 0.717) is 25.8 Å². The van der Waals surface area contributed by atoms with Crippen molar-refractivity contribution in [2.24, 2.45) is 23.3 Å². The minimum atomic E-state index is -1.40. The Bertz CT molecular complexity index is 1260. The van der Waals surface area contributed by atoms with Crippen LogP contribution in [0.25, 0.3) is 0 Å². The fourth-order valence-electron chi connectivity index (χ4n) is 5.12. The van der Waals surface area contributed by atoms with Gasteiger partial charge in [0.2, 0.25) is 47.3 Å². The molecule has 0 spiro atoms. The summed E-state index contributed by atoms with van der Waals surface area (Å²) in [5.41, 5.74) is 10.5. The van der Waals surface area contributed by atoms with Crippen molar-refractivity contribution in [3.63, 3.8) is 0 Å². The van der Waals surface area contributed by atoms with Gasteiger partial charge in [0.1, 0.15) is 30.2 Å². The number of amides is 8. The van der Waals surface area contributed by atoms with Gasteiger partial charge >= 0.3 is 5.97 Å². The van der Waals surface area contributed by atoms with Gasteiger partial charge in [-0.2, -0.15) is 0 Å². The van der Waals surface area contributed by atoms with E-state index in [9.17, 15) is 48.3 Å². The molecule has 1 heterocycles. The van der Waals surface area contributed by atoms with Crippen molar-refractivity contribution >= 4 is 53.2 Å². The smallest absolute Gasteiger partial charge is 0.326 e. The summed E-state index contributed by atoms with van der Waals surface area (Å²) in [5.74, 6) is -7.06. The SMILES string of the molecule is CCC(C)C(NC(=O)CNC(=O)C(CC(C)C)NC(=O)C1CCCN1C(=O)CN)C(=O)NC(C)C(=O)NCC(=O)NC(CCC(N)=O)C(=O)O. The van der Waals surface area contributed by atoms with Gasteiger partial charge in [-0.25, -0.2) is 4.79 Å². The molecule has 1 saturated heterocycles. The minimum Gasteiger partial charge on any atom is -0.480 e. The first-order valence-corrected chi connectivity index (χ1v) is 16.7. The zero-order valence-corrected chi connectivity index (χ0v) is 29.3. The number of carboxylic acids is 1. The van der Waals surface area contributed by atoms with Crippen LogP contribution < -0.4 is 43.4 Å². The summed E-state index contributed by atoms with van der Waals surface area (Å²) in [7, 11) is 0. The third-order valence-electron chi connectivity index (χ3n) is 8.11. The van der Waals surface area contributed by atoms with E-state index in [1.54, 1.807) is 13.8 Å². The van der Waals surface area contributed by atoms with Crippen molar-refractivity contribution in [3.05, 3.63) is 0 Å². The molecule has 0 saturated carbocycles. The van der Waals surface area contributed by atoms with E-state index in [-0.39, 0.29) is 37.6 Å². The monoisotopic (exact) mass is 711 g/mol. The van der Waals surface area contributed by atoms with E-state index in [4.69, 9.17) is 11.5 Å². The summed E-state index contributed by atoms with van der Waals surface area (Å²) in [4.78, 5) is 113. The van der Waals surface area contributed by atoms with E-state index in [2.05, 4.69) is 31.9 Å². The summed E-state index contributed by atoms with van der Waals surface area (Å²) in [6.07, 6.45) is 1.24. The fraction of sp³-hybridized carbons (Fsp3) is 0.710. The number of aliphatic carboxylic acids is 1. The number of hydrogen-bond acceptors (Lipinski definition) is 10. The average Bonchev–Trinajstić information content (AvgIpc) is 3.55. The molecule has 50 heavy (non-hydrogen) atoms. The van der Waals surface area contributed by atoms with Gasteiger partial charge in [-0.1, -0.05) is 34.1 Å². The van der Waals surface area contributed by atoms with Crippen LogP contribution in [0.5, 0.6) is 0 Å². The minimum absolute atomic E-state index is 0.00720. The lowest BCUT2D eigenvalue weighted by atomic mass is 9.98. The summed E-state index contributed by atoms with van der Waals surface area (Å²) < 4.78 is 0. The largest absolute Gasteiger partial charge is 0.480 e. The predicted octanol–water partition coefficient (Wildman–Crippen LogP) is -3.43. The maximum absolute atomic E-state index is 13.1. The first kappa shape index (κ1) is 43.2. The van der Waals surface area contributed by atoms with Crippen molar-refractivity contribution in [1.29, 1.82) is 0 Å². The Hall–Kier alpha value is -4.81. The molecule has 0 radical (unpaired) electrons. The van der Waals surface area contributed by atoms with Crippen LogP contribution in [-0.2, 0) is 43.2 Å². The van der Waals surface area contributed by atoms with Crippen molar-refractivity contribution < 1.29 is 48.3 Å². The van der Waals surface area contributed by atoms with Crippen LogP contribution in [-0.4, -0.2) is 120 Å². The zero-order chi connectivity index (χ0) is 38.1. The van der Waals surface area contributed by atoms with Crippen LogP contribution in [0.1, 0.15) is 73.1 Å². The van der Waals surface area contributed by atoms with Gasteiger partial charge < -0.3 is 53.4 Å². The Balaban J connectivity index is 2.76. The second kappa shape index (κ2) is 21.3. The highest BCUT2D eigenvalue weighted by Gasteiger charge is 2.36. The van der Waals surface area contributed by atoms with Crippen LogP contribution in [0.15, 0.2) is 0 Å². The van der Waals surface area contributed by atoms with Crippen LogP contribution >= 0.6 is 0 Å². The Kier molecular flexibility index (Phi) is 18.4. The lowest BCUT2D eigenvalue weighted by molar-refractivity contribution is -0.142. The first-order chi connectivity index (χ1) is 23.4. The van der Waals surface area contributed by atoms with Gasteiger partial charge in [0.25, 0.3) is 0 Å². The number of primary amides is 1. The van der Waals surface area contributed by atoms with Crippen molar-refractivity contribution in [2.45, 2.75) is 103 Å². The number of nitrogens with two attached hydrogens (primary N) is 2. The molecule has 1 fully saturated rings. The van der Waals surface area contributed by atoms with Gasteiger partial charge in [0, 0.05) is 13.0 Å². The second-order valence-corrected chi connectivity index (χ2v) is 12.7. The molecule has 0 aromatic heterocycles. The van der Waals surface area contributed by atoms with Gasteiger partial charge in [-0.05, 0) is 44.4 Å². The molecule has 0 bridgehead atoms. The van der Waals surface area contributed by atoms with Gasteiger partial charge in [0.15, 0.2) is 0 Å². The van der Waals surface area contributed by atoms with Crippen LogP contribution in [0.2, 0.25) is 0 Å². The van der Waals surface area contributed by atoms with E-state index < -0.39 is 96.5 Å². The summed E-state index contributed by atoms with van der Waals surface area (Å²) in [6, 6.07) is -5.42. The van der Waals surface area contributed by atoms with Gasteiger partial charge in [0.05, 0.1) is 19.6 Å². The summed E-state index contributed by atoms with van der Waals surface area (Å²) >= 11 is 0. The molecule has 6 atom stereocenters. The van der Waals surface area contributed by atoms with Gasteiger partial charge in [-0.3, -0.25) is 38.4 Å². The molecule has 11 N–H and O–H groups in total. The molecule has 0 aromatic rings. The Morgan fingerprint density at radius 1 is 0.820 bits per heavy atom. The predicted molar refractivity (Wildman–Crippen MR) is 178 cm³/mol. The third-order valence-corrected chi connectivity index (χ3v) is 8.11. The molecule has 1 aliphatic heterocycles. The molecule has 0 aliphatic carbocycles. The molecular weight excluding hydrogens is 658 g/mol. The molecular formula is C31H53N9O10. The number of nitrogens with zero attached hydrogens (tertiary/aromatic N) is 1. The van der Waals surface area contributed by atoms with E-state index in [0.717, 1.165) is 0 Å². The normalized spacial score (nSPS) is 16.9. The topological polar surface area (TPSA) is 301 Å². The van der Waals surface area contributed by atoms with Crippen molar-refractivity contribution in [1.82, 2.24) is 36.8 Å². The number of likely N-dealkylation sites (tertiary alicyclic amines) is 1. The van der Waals surface area contributed by atoms with Crippen molar-refractivity contribution in [3.8, 4) is 0 Å². The molecule has 19 nitrogen and oxygen atoms in total. The highest BCUT2D eigenvalue weighted by Crippen LogP contribution is 2.18. The molecule has 0 aromatic carbocycles. The standard InChI is InChI=1S/C31H53N9O10/c1-6-17(4)26(30(48)36-18(5)27(45)34-14-23(42)37-19(31(49)50)9-10-22(33)41)39-24(43)15-35-28(46)20(12-16(2)3)38-29(47)21-8-7-11-40(21)25(44)13-32/h16-21,26H,6-15,32H2,1-5H3,(H2,33,41)(H,34,45)(H,35,46)(H,36,48)(H,37,42)(H,38,47)(H,39,43)(H,49,50). The molecule has 282 valence electrons. The molecule has 1 aliphatic rings. The number of carbonyl (C=O) groups excluding carboxylic acids is 8. The zero-order valence-electron chi connectivity index (χ0n) is 29.3. The summed E-state index contributed by atoms with van der Waals surface area (Å²) in [6.45, 7) is 7.54. The first-order valence-electron chi connectivity index (χ1n) is 16.7. The van der Waals surface area contributed by atoms with Crippen molar-refractivity contribution in [2.75, 3.05) is 26.2 Å². The molecule has 8 amide bonds. The lowest BCUT2D eigenvalue weighted by Crippen LogP contribution is -2.57. The number of carboxylic acid groups (broad SMARTS) is 1.